The fourth-order valence-corrected chi connectivity index (χ4v) is 4.43. The third-order valence-corrected chi connectivity index (χ3v) is 6.29. The fourth-order valence-electron chi connectivity index (χ4n) is 4.43. The molecule has 1 unspecified atom stereocenters. The summed E-state index contributed by atoms with van der Waals surface area (Å²) in [5.41, 5.74) is 5.53. The van der Waals surface area contributed by atoms with Crippen LogP contribution in [0.5, 0.6) is 0 Å². The SMILES string of the molecule is C/C=C\C(=C/N(C)C=O)c1cn2c(C)c(C(=O)NCC(O)CN3CCc4ccccc4C3)nc2cn1. The summed E-state index contributed by atoms with van der Waals surface area (Å²) in [5, 5.41) is 13.4. The molecule has 0 saturated carbocycles. The number of aromatic nitrogens is 3. The zero-order valence-corrected chi connectivity index (χ0v) is 20.9. The molecule has 0 saturated heterocycles. The number of carbonyl (C=O) groups excluding carboxylic acids is 2. The van der Waals surface area contributed by atoms with Crippen molar-refractivity contribution in [3.05, 3.63) is 83.2 Å². The molecule has 9 nitrogen and oxygen atoms in total. The van der Waals surface area contributed by atoms with Gasteiger partial charge in [0.2, 0.25) is 6.41 Å². The fraction of sp³-hybridized carbons (Fsp3) is 0.333. The quantitative estimate of drug-likeness (QED) is 0.354. The molecule has 1 aromatic carbocycles. The number of aliphatic hydroxyl groups is 1. The van der Waals surface area contributed by atoms with Crippen LogP contribution in [0, 0.1) is 6.92 Å². The van der Waals surface area contributed by atoms with Crippen LogP contribution in [0.1, 0.15) is 39.9 Å². The summed E-state index contributed by atoms with van der Waals surface area (Å²) < 4.78 is 1.80. The van der Waals surface area contributed by atoms with E-state index < -0.39 is 6.10 Å². The number of aliphatic hydroxyl groups excluding tert-OH is 1. The first-order chi connectivity index (χ1) is 17.4. The Hall–Kier alpha value is -3.82. The van der Waals surface area contributed by atoms with Crippen molar-refractivity contribution >= 4 is 23.5 Å². The van der Waals surface area contributed by atoms with Gasteiger partial charge in [0.15, 0.2) is 5.65 Å². The van der Waals surface area contributed by atoms with Gasteiger partial charge in [-0.15, -0.1) is 0 Å². The number of amides is 2. The summed E-state index contributed by atoms with van der Waals surface area (Å²) in [4.78, 5) is 36.5. The Morgan fingerprint density at radius 3 is 2.83 bits per heavy atom. The minimum Gasteiger partial charge on any atom is -0.390 e. The molecule has 0 bridgehead atoms. The molecule has 1 atom stereocenters. The molecule has 2 N–H and O–H groups in total. The largest absolute Gasteiger partial charge is 0.390 e. The number of fused-ring (bicyclic) bond motifs is 2. The lowest BCUT2D eigenvalue weighted by Gasteiger charge is -2.30. The van der Waals surface area contributed by atoms with E-state index in [0.29, 0.717) is 30.0 Å². The highest BCUT2D eigenvalue weighted by Gasteiger charge is 2.21. The van der Waals surface area contributed by atoms with Crippen LogP contribution in [0.15, 0.2) is 55.0 Å². The lowest BCUT2D eigenvalue weighted by atomic mass is 10.00. The molecule has 1 aliphatic rings. The highest BCUT2D eigenvalue weighted by Crippen LogP contribution is 2.19. The highest BCUT2D eigenvalue weighted by molar-refractivity contribution is 5.94. The van der Waals surface area contributed by atoms with E-state index in [1.807, 2.05) is 32.1 Å². The van der Waals surface area contributed by atoms with Crippen LogP contribution in [-0.2, 0) is 17.8 Å². The first-order valence-electron chi connectivity index (χ1n) is 12.0. The molecule has 2 amide bonds. The topological polar surface area (TPSA) is 103 Å². The van der Waals surface area contributed by atoms with Gasteiger partial charge in [-0.05, 0) is 31.4 Å². The lowest BCUT2D eigenvalue weighted by molar-refractivity contribution is -0.114. The molecule has 3 heterocycles. The standard InChI is InChI=1S/C27H32N6O3/c1-4-7-22(14-31(3)18-34)24-17-33-19(2)26(30-25(33)13-28-24)27(36)29-12-23(35)16-32-11-10-20-8-5-6-9-21(20)15-32/h4-9,13-14,17-18,23,35H,10-12,15-16H2,1-3H3,(H,29,36)/b7-4-,22-14+. The lowest BCUT2D eigenvalue weighted by Crippen LogP contribution is -2.42. The second kappa shape index (κ2) is 11.3. The number of hydrogen-bond donors (Lipinski definition) is 2. The smallest absolute Gasteiger partial charge is 0.271 e. The van der Waals surface area contributed by atoms with Crippen LogP contribution in [-0.4, -0.2) is 74.4 Å². The number of aryl methyl sites for hydroxylation is 1. The molecule has 9 heteroatoms. The summed E-state index contributed by atoms with van der Waals surface area (Å²) in [6.45, 7) is 6.01. The predicted molar refractivity (Wildman–Crippen MR) is 138 cm³/mol. The van der Waals surface area contributed by atoms with Gasteiger partial charge in [-0.1, -0.05) is 36.4 Å². The van der Waals surface area contributed by atoms with Gasteiger partial charge in [0.1, 0.15) is 5.69 Å². The van der Waals surface area contributed by atoms with Crippen molar-refractivity contribution in [1.82, 2.24) is 29.5 Å². The molecular formula is C27H32N6O3. The van der Waals surface area contributed by atoms with Gasteiger partial charge in [0.05, 0.1) is 23.7 Å². The van der Waals surface area contributed by atoms with Crippen molar-refractivity contribution in [3.8, 4) is 0 Å². The number of allylic oxidation sites excluding steroid dienone is 3. The molecule has 2 aromatic heterocycles. The molecule has 0 aliphatic carbocycles. The van der Waals surface area contributed by atoms with E-state index >= 15 is 0 Å². The number of nitrogens with one attached hydrogen (secondary N) is 1. The Kier molecular flexibility index (Phi) is 7.92. The number of imidazole rings is 1. The first kappa shape index (κ1) is 25.3. The van der Waals surface area contributed by atoms with E-state index in [4.69, 9.17) is 0 Å². The molecular weight excluding hydrogens is 456 g/mol. The Balaban J connectivity index is 1.42. The average molecular weight is 489 g/mol. The number of rotatable bonds is 9. The number of carbonyl (C=O) groups is 2. The minimum atomic E-state index is -0.687. The predicted octanol–water partition coefficient (Wildman–Crippen LogP) is 2.19. The zero-order valence-electron chi connectivity index (χ0n) is 20.9. The van der Waals surface area contributed by atoms with Gasteiger partial charge in [-0.25, -0.2) is 4.98 Å². The molecule has 4 rings (SSSR count). The van der Waals surface area contributed by atoms with Gasteiger partial charge in [0, 0.05) is 51.2 Å². The van der Waals surface area contributed by atoms with Crippen LogP contribution in [0.2, 0.25) is 0 Å². The van der Waals surface area contributed by atoms with Crippen molar-refractivity contribution in [2.75, 3.05) is 26.7 Å². The monoisotopic (exact) mass is 488 g/mol. The third-order valence-electron chi connectivity index (χ3n) is 6.29. The van der Waals surface area contributed by atoms with Crippen LogP contribution in [0.3, 0.4) is 0 Å². The normalized spacial score (nSPS) is 15.2. The molecule has 188 valence electrons. The number of benzene rings is 1. The van der Waals surface area contributed by atoms with E-state index in [2.05, 4.69) is 38.4 Å². The van der Waals surface area contributed by atoms with Crippen molar-refractivity contribution < 1.29 is 14.7 Å². The molecule has 0 radical (unpaired) electrons. The number of nitrogens with zero attached hydrogens (tertiary/aromatic N) is 5. The number of hydrogen-bond acceptors (Lipinski definition) is 6. The summed E-state index contributed by atoms with van der Waals surface area (Å²) in [6, 6.07) is 8.37. The first-order valence-corrected chi connectivity index (χ1v) is 12.0. The molecule has 36 heavy (non-hydrogen) atoms. The van der Waals surface area contributed by atoms with Crippen LogP contribution < -0.4 is 5.32 Å². The maximum absolute atomic E-state index is 12.9. The van der Waals surface area contributed by atoms with E-state index in [0.717, 1.165) is 25.1 Å². The van der Waals surface area contributed by atoms with Gasteiger partial charge in [-0.3, -0.25) is 19.5 Å². The van der Waals surface area contributed by atoms with E-state index in [1.165, 1.54) is 16.0 Å². The molecule has 3 aromatic rings. The van der Waals surface area contributed by atoms with Crippen LogP contribution >= 0.6 is 0 Å². The van der Waals surface area contributed by atoms with Crippen molar-refractivity contribution in [3.63, 3.8) is 0 Å². The van der Waals surface area contributed by atoms with Crippen molar-refractivity contribution in [2.24, 2.45) is 0 Å². The molecule has 1 aliphatic heterocycles. The zero-order chi connectivity index (χ0) is 25.7. The molecule has 0 fully saturated rings. The minimum absolute atomic E-state index is 0.139. The Labute approximate surface area is 210 Å². The van der Waals surface area contributed by atoms with E-state index in [9.17, 15) is 14.7 Å². The van der Waals surface area contributed by atoms with Gasteiger partial charge < -0.3 is 19.7 Å². The van der Waals surface area contributed by atoms with Gasteiger partial charge >= 0.3 is 0 Å². The Morgan fingerprint density at radius 1 is 1.31 bits per heavy atom. The maximum atomic E-state index is 12.9. The summed E-state index contributed by atoms with van der Waals surface area (Å²) in [5.74, 6) is -0.342. The second-order valence-electron chi connectivity index (χ2n) is 9.02. The summed E-state index contributed by atoms with van der Waals surface area (Å²) in [6.07, 6.45) is 9.79. The Bertz CT molecular complexity index is 1310. The van der Waals surface area contributed by atoms with Crippen molar-refractivity contribution in [2.45, 2.75) is 32.9 Å². The maximum Gasteiger partial charge on any atom is 0.271 e. The van der Waals surface area contributed by atoms with Crippen LogP contribution in [0.4, 0.5) is 0 Å². The average Bonchev–Trinajstić information content (AvgIpc) is 3.22. The summed E-state index contributed by atoms with van der Waals surface area (Å²) >= 11 is 0. The van der Waals surface area contributed by atoms with Gasteiger partial charge in [0.25, 0.3) is 5.91 Å². The van der Waals surface area contributed by atoms with Crippen LogP contribution in [0.25, 0.3) is 11.2 Å². The summed E-state index contributed by atoms with van der Waals surface area (Å²) in [7, 11) is 1.65. The van der Waals surface area contributed by atoms with E-state index in [-0.39, 0.29) is 18.1 Å². The van der Waals surface area contributed by atoms with E-state index in [1.54, 1.807) is 30.0 Å². The Morgan fingerprint density at radius 2 is 2.08 bits per heavy atom. The number of β-amino-alcohol motifs (C(OH)–C–C–N with tert-alkyl or cyclic N) is 1. The molecule has 0 spiro atoms. The van der Waals surface area contributed by atoms with Crippen molar-refractivity contribution in [1.29, 1.82) is 0 Å². The second-order valence-corrected chi connectivity index (χ2v) is 9.02. The van der Waals surface area contributed by atoms with Gasteiger partial charge in [-0.2, -0.15) is 0 Å². The third kappa shape index (κ3) is 5.69. The highest BCUT2D eigenvalue weighted by atomic mass is 16.3.